The van der Waals surface area contributed by atoms with E-state index in [-0.39, 0.29) is 12.3 Å². The molecule has 1 amide bonds. The van der Waals surface area contributed by atoms with E-state index in [1.54, 1.807) is 6.07 Å². The lowest BCUT2D eigenvalue weighted by Gasteiger charge is -2.00. The zero-order valence-corrected chi connectivity index (χ0v) is 11.6. The van der Waals surface area contributed by atoms with Gasteiger partial charge in [-0.05, 0) is 12.5 Å². The van der Waals surface area contributed by atoms with Gasteiger partial charge < -0.3 is 10.5 Å². The van der Waals surface area contributed by atoms with Gasteiger partial charge in [-0.1, -0.05) is 48.0 Å². The number of carbonyl (C=O) groups is 1. The van der Waals surface area contributed by atoms with Crippen LogP contribution in [0.2, 0.25) is 0 Å². The molecular formula is C15H16N2O4. The minimum Gasteiger partial charge on any atom is -0.445 e. The van der Waals surface area contributed by atoms with Crippen LogP contribution in [0.5, 0.6) is 0 Å². The Kier molecular flexibility index (Phi) is 6.40. The first-order chi connectivity index (χ1) is 9.99. The zero-order valence-electron chi connectivity index (χ0n) is 11.6. The number of hydrogen-bond donors (Lipinski definition) is 1. The lowest BCUT2D eigenvalue weighted by molar-refractivity contribution is -0.384. The molecule has 0 bridgehead atoms. The van der Waals surface area contributed by atoms with Gasteiger partial charge in [0, 0.05) is 12.1 Å². The van der Waals surface area contributed by atoms with Crippen LogP contribution in [0.15, 0.2) is 54.6 Å². The van der Waals surface area contributed by atoms with Gasteiger partial charge in [-0.15, -0.1) is 0 Å². The highest BCUT2D eigenvalue weighted by atomic mass is 16.6. The third-order valence-electron chi connectivity index (χ3n) is 2.44. The third kappa shape index (κ3) is 6.72. The van der Waals surface area contributed by atoms with Crippen LogP contribution in [-0.4, -0.2) is 11.0 Å². The summed E-state index contributed by atoms with van der Waals surface area (Å²) in [6, 6.07) is 16.1. The molecule has 21 heavy (non-hydrogen) atoms. The summed E-state index contributed by atoms with van der Waals surface area (Å²) in [4.78, 5) is 20.1. The van der Waals surface area contributed by atoms with E-state index in [2.05, 4.69) is 23.8 Å². The summed E-state index contributed by atoms with van der Waals surface area (Å²) in [5.74, 6) is 0. The first kappa shape index (κ1) is 16.2. The second-order valence-corrected chi connectivity index (χ2v) is 4.19. The number of non-ortho nitro benzene ring substituents is 1. The molecule has 0 spiro atoms. The molecule has 2 rings (SSSR count). The van der Waals surface area contributed by atoms with Crippen molar-refractivity contribution in [2.45, 2.75) is 13.5 Å². The number of nitrogens with zero attached hydrogens (tertiary/aromatic N) is 1. The summed E-state index contributed by atoms with van der Waals surface area (Å²) in [5.41, 5.74) is 6.55. The molecule has 6 nitrogen and oxygen atoms in total. The van der Waals surface area contributed by atoms with Crippen molar-refractivity contribution in [3.05, 3.63) is 75.8 Å². The monoisotopic (exact) mass is 288 g/mol. The van der Waals surface area contributed by atoms with Gasteiger partial charge in [0.25, 0.3) is 5.69 Å². The molecular weight excluding hydrogens is 272 g/mol. The first-order valence-electron chi connectivity index (χ1n) is 6.16. The largest absolute Gasteiger partial charge is 0.445 e. The standard InChI is InChI=1S/C8H8N2O4.C7H8/c9-8(11)14-5-6-2-1-3-7(4-6)10(12)13;1-7-5-3-2-4-6-7/h1-4H,5H2,(H2,9,11);2-6H,1H3. The average Bonchev–Trinajstić information content (AvgIpc) is 2.47. The predicted octanol–water partition coefficient (Wildman–Crippen LogP) is 3.19. The van der Waals surface area contributed by atoms with E-state index < -0.39 is 11.0 Å². The molecule has 0 unspecified atom stereocenters. The van der Waals surface area contributed by atoms with Gasteiger partial charge in [0.1, 0.15) is 6.61 Å². The maximum absolute atomic E-state index is 10.4. The topological polar surface area (TPSA) is 95.5 Å². The number of aryl methyl sites for hydroxylation is 1. The number of benzene rings is 2. The number of primary amides is 1. The van der Waals surface area contributed by atoms with Crippen LogP contribution in [0.4, 0.5) is 10.5 Å². The molecule has 6 heteroatoms. The fraction of sp³-hybridized carbons (Fsp3) is 0.133. The highest BCUT2D eigenvalue weighted by Crippen LogP contribution is 2.13. The number of hydrogen-bond acceptors (Lipinski definition) is 4. The average molecular weight is 288 g/mol. The highest BCUT2D eigenvalue weighted by molar-refractivity contribution is 5.64. The second-order valence-electron chi connectivity index (χ2n) is 4.19. The fourth-order valence-electron chi connectivity index (χ4n) is 1.45. The molecule has 0 saturated heterocycles. The lowest BCUT2D eigenvalue weighted by atomic mass is 10.2. The molecule has 0 fully saturated rings. The molecule has 110 valence electrons. The van der Waals surface area contributed by atoms with Crippen molar-refractivity contribution in [1.82, 2.24) is 0 Å². The Morgan fingerprint density at radius 3 is 2.33 bits per heavy atom. The van der Waals surface area contributed by atoms with Crippen molar-refractivity contribution in [2.75, 3.05) is 0 Å². The minimum absolute atomic E-state index is 0.0458. The van der Waals surface area contributed by atoms with Gasteiger partial charge in [-0.25, -0.2) is 4.79 Å². The predicted molar refractivity (Wildman–Crippen MR) is 78.6 cm³/mol. The Balaban J connectivity index is 0.000000262. The number of carbonyl (C=O) groups excluding carboxylic acids is 1. The maximum Gasteiger partial charge on any atom is 0.404 e. The van der Waals surface area contributed by atoms with Crippen LogP contribution in [0.1, 0.15) is 11.1 Å². The number of amides is 1. The van der Waals surface area contributed by atoms with Crippen molar-refractivity contribution >= 4 is 11.8 Å². The van der Waals surface area contributed by atoms with E-state index in [9.17, 15) is 14.9 Å². The Labute approximate surface area is 122 Å². The smallest absolute Gasteiger partial charge is 0.404 e. The minimum atomic E-state index is -0.906. The maximum atomic E-state index is 10.4. The van der Waals surface area contributed by atoms with Gasteiger partial charge in [0.05, 0.1) is 4.92 Å². The number of nitro groups is 1. The summed E-state index contributed by atoms with van der Waals surface area (Å²) in [6.45, 7) is 2.02. The zero-order chi connectivity index (χ0) is 15.7. The van der Waals surface area contributed by atoms with Crippen molar-refractivity contribution in [3.63, 3.8) is 0 Å². The Bertz CT molecular complexity index is 600. The molecule has 2 N–H and O–H groups in total. The third-order valence-corrected chi connectivity index (χ3v) is 2.44. The summed E-state index contributed by atoms with van der Waals surface area (Å²) in [7, 11) is 0. The van der Waals surface area contributed by atoms with Crippen molar-refractivity contribution in [2.24, 2.45) is 5.73 Å². The number of rotatable bonds is 3. The van der Waals surface area contributed by atoms with Crippen molar-refractivity contribution in [1.29, 1.82) is 0 Å². The van der Waals surface area contributed by atoms with Crippen LogP contribution in [0, 0.1) is 17.0 Å². The summed E-state index contributed by atoms with van der Waals surface area (Å²) < 4.78 is 4.48. The SMILES string of the molecule is Cc1ccccc1.NC(=O)OCc1cccc([N+](=O)[O-])c1. The van der Waals surface area contributed by atoms with E-state index in [0.29, 0.717) is 5.56 Å². The van der Waals surface area contributed by atoms with Crippen LogP contribution >= 0.6 is 0 Å². The molecule has 2 aromatic rings. The second kappa shape index (κ2) is 8.31. The summed E-state index contributed by atoms with van der Waals surface area (Å²) in [6.07, 6.45) is -0.906. The van der Waals surface area contributed by atoms with Crippen molar-refractivity contribution < 1.29 is 14.5 Å². The van der Waals surface area contributed by atoms with Gasteiger partial charge in [-0.3, -0.25) is 10.1 Å². The van der Waals surface area contributed by atoms with Gasteiger partial charge in [0.15, 0.2) is 0 Å². The van der Waals surface area contributed by atoms with Crippen LogP contribution in [0.3, 0.4) is 0 Å². The van der Waals surface area contributed by atoms with Gasteiger partial charge in [-0.2, -0.15) is 0 Å². The van der Waals surface area contributed by atoms with Gasteiger partial charge in [0.2, 0.25) is 0 Å². The number of ether oxygens (including phenoxy) is 1. The summed E-state index contributed by atoms with van der Waals surface area (Å²) >= 11 is 0. The Morgan fingerprint density at radius 1 is 1.19 bits per heavy atom. The molecule has 0 aromatic heterocycles. The van der Waals surface area contributed by atoms with E-state index in [1.165, 1.54) is 23.8 Å². The Hall–Kier alpha value is -2.89. The molecule has 0 aliphatic carbocycles. The van der Waals surface area contributed by atoms with Gasteiger partial charge >= 0.3 is 6.09 Å². The normalized spacial score (nSPS) is 9.19. The van der Waals surface area contributed by atoms with Crippen LogP contribution in [0.25, 0.3) is 0 Å². The number of nitro benzene ring substituents is 1. The molecule has 0 aliphatic rings. The quantitative estimate of drug-likeness (QED) is 0.693. The number of nitrogens with two attached hydrogens (primary N) is 1. The molecule has 0 radical (unpaired) electrons. The van der Waals surface area contributed by atoms with E-state index >= 15 is 0 Å². The molecule has 0 aliphatic heterocycles. The fourth-order valence-corrected chi connectivity index (χ4v) is 1.45. The van der Waals surface area contributed by atoms with Crippen LogP contribution < -0.4 is 5.73 Å². The Morgan fingerprint density at radius 2 is 1.86 bits per heavy atom. The van der Waals surface area contributed by atoms with E-state index in [0.717, 1.165) is 0 Å². The summed E-state index contributed by atoms with van der Waals surface area (Å²) in [5, 5.41) is 10.4. The molecule has 0 heterocycles. The van der Waals surface area contributed by atoms with Crippen LogP contribution in [-0.2, 0) is 11.3 Å². The highest BCUT2D eigenvalue weighted by Gasteiger charge is 2.06. The lowest BCUT2D eigenvalue weighted by Crippen LogP contribution is -2.12. The van der Waals surface area contributed by atoms with E-state index in [4.69, 9.17) is 5.73 Å². The molecule has 2 aromatic carbocycles. The van der Waals surface area contributed by atoms with Crippen molar-refractivity contribution in [3.8, 4) is 0 Å². The molecule has 0 atom stereocenters. The molecule has 0 saturated carbocycles. The first-order valence-corrected chi connectivity index (χ1v) is 6.16. The van der Waals surface area contributed by atoms with E-state index in [1.807, 2.05) is 18.2 Å².